The molecule has 1 aliphatic heterocycles. The van der Waals surface area contributed by atoms with Crippen LogP contribution in [-0.4, -0.2) is 34.6 Å². The summed E-state index contributed by atoms with van der Waals surface area (Å²) < 4.78 is 59.7. The number of aryl methyl sites for hydroxylation is 2. The Balaban J connectivity index is 2.01. The standard InChI is InChI=1S/C20H24N2O6S2/c1-13(2)28-18-8-6-5-7-17(18)21-30(26,27)20-14(3)11-16(12-15(20)4)22-19(23)9-10-29(22,24)25/h5-8,11-13,21H,9-10H2,1-4H3. The van der Waals surface area contributed by atoms with Crippen molar-refractivity contribution in [2.24, 2.45) is 0 Å². The predicted molar refractivity (Wildman–Crippen MR) is 115 cm³/mol. The van der Waals surface area contributed by atoms with Gasteiger partial charge in [-0.3, -0.25) is 9.52 Å². The van der Waals surface area contributed by atoms with Crippen molar-refractivity contribution in [3.8, 4) is 5.75 Å². The van der Waals surface area contributed by atoms with Crippen molar-refractivity contribution in [3.63, 3.8) is 0 Å². The van der Waals surface area contributed by atoms with Gasteiger partial charge in [0.25, 0.3) is 10.0 Å². The van der Waals surface area contributed by atoms with Crippen molar-refractivity contribution in [2.75, 3.05) is 14.8 Å². The Labute approximate surface area is 177 Å². The molecule has 1 heterocycles. The topological polar surface area (TPSA) is 110 Å². The minimum atomic E-state index is -4.00. The lowest BCUT2D eigenvalue weighted by molar-refractivity contribution is -0.116. The van der Waals surface area contributed by atoms with Gasteiger partial charge in [0.1, 0.15) is 5.75 Å². The normalized spacial score (nSPS) is 16.2. The van der Waals surface area contributed by atoms with Crippen LogP contribution in [0.4, 0.5) is 11.4 Å². The van der Waals surface area contributed by atoms with E-state index < -0.39 is 26.0 Å². The minimum absolute atomic E-state index is 0.0228. The molecule has 0 unspecified atom stereocenters. The predicted octanol–water partition coefficient (Wildman–Crippen LogP) is 2.96. The quantitative estimate of drug-likeness (QED) is 0.722. The molecule has 0 atom stereocenters. The van der Waals surface area contributed by atoms with Gasteiger partial charge in [0.15, 0.2) is 0 Å². The van der Waals surface area contributed by atoms with Crippen molar-refractivity contribution >= 4 is 37.3 Å². The molecule has 0 bridgehead atoms. The van der Waals surface area contributed by atoms with Gasteiger partial charge >= 0.3 is 0 Å². The van der Waals surface area contributed by atoms with Gasteiger partial charge < -0.3 is 4.74 Å². The van der Waals surface area contributed by atoms with Gasteiger partial charge in [0.05, 0.1) is 28.1 Å². The Morgan fingerprint density at radius 3 is 2.23 bits per heavy atom. The number of anilines is 2. The van der Waals surface area contributed by atoms with Gasteiger partial charge in [-0.05, 0) is 63.1 Å². The second-order valence-electron chi connectivity index (χ2n) is 7.40. The maximum Gasteiger partial charge on any atom is 0.262 e. The second-order valence-corrected chi connectivity index (χ2v) is 11.0. The molecular formula is C20H24N2O6S2. The van der Waals surface area contributed by atoms with Gasteiger partial charge in [-0.25, -0.2) is 21.1 Å². The van der Waals surface area contributed by atoms with Crippen LogP contribution in [0.3, 0.4) is 0 Å². The second kappa shape index (κ2) is 7.92. The molecular weight excluding hydrogens is 428 g/mol. The summed E-state index contributed by atoms with van der Waals surface area (Å²) >= 11 is 0. The van der Waals surface area contributed by atoms with Crippen LogP contribution < -0.4 is 13.8 Å². The van der Waals surface area contributed by atoms with Crippen molar-refractivity contribution in [1.29, 1.82) is 0 Å². The lowest BCUT2D eigenvalue weighted by Crippen LogP contribution is -2.29. The number of carbonyl (C=O) groups excluding carboxylic acids is 1. The zero-order valence-corrected chi connectivity index (χ0v) is 18.8. The molecule has 0 spiro atoms. The Bertz CT molecular complexity index is 1180. The highest BCUT2D eigenvalue weighted by Crippen LogP contribution is 2.33. The number of nitrogens with one attached hydrogen (secondary N) is 1. The number of carbonyl (C=O) groups is 1. The van der Waals surface area contributed by atoms with E-state index in [-0.39, 0.29) is 28.9 Å². The summed E-state index contributed by atoms with van der Waals surface area (Å²) in [6.45, 7) is 6.81. The van der Waals surface area contributed by atoms with E-state index in [4.69, 9.17) is 4.74 Å². The van der Waals surface area contributed by atoms with Crippen molar-refractivity contribution in [2.45, 2.75) is 45.1 Å². The lowest BCUT2D eigenvalue weighted by atomic mass is 10.1. The monoisotopic (exact) mass is 452 g/mol. The van der Waals surface area contributed by atoms with Crippen LogP contribution in [0.15, 0.2) is 41.3 Å². The number of hydrogen-bond acceptors (Lipinski definition) is 6. The van der Waals surface area contributed by atoms with E-state index in [0.29, 0.717) is 22.6 Å². The number of sulfonamides is 2. The summed E-state index contributed by atoms with van der Waals surface area (Å²) in [6, 6.07) is 9.51. The fourth-order valence-electron chi connectivity index (χ4n) is 3.44. The molecule has 1 saturated heterocycles. The molecule has 0 radical (unpaired) electrons. The molecule has 1 aliphatic rings. The average molecular weight is 453 g/mol. The Kier molecular flexibility index (Phi) is 5.83. The summed E-state index contributed by atoms with van der Waals surface area (Å²) in [7, 11) is -7.73. The average Bonchev–Trinajstić information content (AvgIpc) is 2.87. The number of benzene rings is 2. The lowest BCUT2D eigenvalue weighted by Gasteiger charge is -2.20. The maximum atomic E-state index is 13.1. The molecule has 2 aromatic rings. The summed E-state index contributed by atoms with van der Waals surface area (Å²) in [5.74, 6) is -0.378. The van der Waals surface area contributed by atoms with E-state index >= 15 is 0 Å². The van der Waals surface area contributed by atoms with Crippen LogP contribution in [0, 0.1) is 13.8 Å². The number of para-hydroxylation sites is 2. The molecule has 10 heteroatoms. The van der Waals surface area contributed by atoms with Crippen molar-refractivity contribution in [1.82, 2.24) is 0 Å². The first-order chi connectivity index (χ1) is 13.9. The van der Waals surface area contributed by atoms with E-state index in [2.05, 4.69) is 4.72 Å². The van der Waals surface area contributed by atoms with Gasteiger partial charge in [0.2, 0.25) is 15.9 Å². The first-order valence-electron chi connectivity index (χ1n) is 9.38. The molecule has 0 aliphatic carbocycles. The summed E-state index contributed by atoms with van der Waals surface area (Å²) in [6.07, 6.45) is -0.229. The summed E-state index contributed by atoms with van der Waals surface area (Å²) in [4.78, 5) is 12.1. The van der Waals surface area contributed by atoms with Crippen LogP contribution in [0.5, 0.6) is 5.75 Å². The van der Waals surface area contributed by atoms with E-state index in [0.717, 1.165) is 4.31 Å². The van der Waals surface area contributed by atoms with Crippen LogP contribution in [0.2, 0.25) is 0 Å². The number of rotatable bonds is 6. The minimum Gasteiger partial charge on any atom is -0.489 e. The highest BCUT2D eigenvalue weighted by atomic mass is 32.2. The highest BCUT2D eigenvalue weighted by Gasteiger charge is 2.37. The Morgan fingerprint density at radius 1 is 1.10 bits per heavy atom. The largest absolute Gasteiger partial charge is 0.489 e. The van der Waals surface area contributed by atoms with Crippen molar-refractivity contribution < 1.29 is 26.4 Å². The number of hydrogen-bond donors (Lipinski definition) is 1. The van der Waals surface area contributed by atoms with Crippen LogP contribution in [-0.2, 0) is 24.8 Å². The van der Waals surface area contributed by atoms with E-state index in [1.165, 1.54) is 12.1 Å². The third-order valence-electron chi connectivity index (χ3n) is 4.52. The fraction of sp³-hybridized carbons (Fsp3) is 0.350. The molecule has 1 N–H and O–H groups in total. The Morgan fingerprint density at radius 2 is 1.70 bits per heavy atom. The summed E-state index contributed by atoms with van der Waals surface area (Å²) in [5.41, 5.74) is 1.10. The molecule has 3 rings (SSSR count). The zero-order chi connectivity index (χ0) is 22.3. The van der Waals surface area contributed by atoms with E-state index in [9.17, 15) is 21.6 Å². The molecule has 8 nitrogen and oxygen atoms in total. The van der Waals surface area contributed by atoms with Gasteiger partial charge in [0, 0.05) is 6.42 Å². The molecule has 0 aromatic heterocycles. The molecule has 2 aromatic carbocycles. The van der Waals surface area contributed by atoms with Gasteiger partial charge in [-0.15, -0.1) is 0 Å². The van der Waals surface area contributed by atoms with Crippen LogP contribution in [0.1, 0.15) is 31.4 Å². The van der Waals surface area contributed by atoms with E-state index in [1.54, 1.807) is 38.1 Å². The van der Waals surface area contributed by atoms with Gasteiger partial charge in [-0.2, -0.15) is 0 Å². The molecule has 1 fully saturated rings. The Hall–Kier alpha value is -2.59. The molecule has 30 heavy (non-hydrogen) atoms. The molecule has 162 valence electrons. The first-order valence-corrected chi connectivity index (χ1v) is 12.5. The third-order valence-corrected chi connectivity index (χ3v) is 7.88. The van der Waals surface area contributed by atoms with E-state index in [1.807, 2.05) is 13.8 Å². The van der Waals surface area contributed by atoms with Crippen LogP contribution >= 0.6 is 0 Å². The van der Waals surface area contributed by atoms with Crippen LogP contribution in [0.25, 0.3) is 0 Å². The smallest absolute Gasteiger partial charge is 0.262 e. The van der Waals surface area contributed by atoms with Crippen molar-refractivity contribution in [3.05, 3.63) is 47.5 Å². The molecule has 0 saturated carbocycles. The highest BCUT2D eigenvalue weighted by molar-refractivity contribution is 7.94. The number of ether oxygens (including phenoxy) is 1. The maximum absolute atomic E-state index is 13.1. The zero-order valence-electron chi connectivity index (χ0n) is 17.2. The number of nitrogens with zero attached hydrogens (tertiary/aromatic N) is 1. The third kappa shape index (κ3) is 4.29. The summed E-state index contributed by atoms with van der Waals surface area (Å²) in [5, 5.41) is 0. The molecule has 1 amide bonds. The van der Waals surface area contributed by atoms with Gasteiger partial charge in [-0.1, -0.05) is 12.1 Å². The fourth-order valence-corrected chi connectivity index (χ4v) is 6.41. The number of amides is 1. The SMILES string of the molecule is Cc1cc(N2C(=O)CCS2(=O)=O)cc(C)c1S(=O)(=O)Nc1ccccc1OC(C)C. The first kappa shape index (κ1) is 22.1.